The van der Waals surface area contributed by atoms with E-state index in [1.54, 1.807) is 36.2 Å². The number of hydrogen-bond acceptors (Lipinski definition) is 3. The number of nitrogens with one attached hydrogen (secondary N) is 1. The molecule has 0 bridgehead atoms. The third kappa shape index (κ3) is 7.34. The van der Waals surface area contributed by atoms with E-state index in [1.807, 2.05) is 0 Å². The Morgan fingerprint density at radius 1 is 1.20 bits per heavy atom. The molecule has 1 aliphatic carbocycles. The van der Waals surface area contributed by atoms with Crippen molar-refractivity contribution in [3.63, 3.8) is 0 Å². The molecule has 0 heterocycles. The fourth-order valence-corrected chi connectivity index (χ4v) is 3.12. The Kier molecular flexibility index (Phi) is 8.06. The second-order valence-corrected chi connectivity index (χ2v) is 7.04. The van der Waals surface area contributed by atoms with Gasteiger partial charge in [0, 0.05) is 18.5 Å². The molecule has 2 rings (SSSR count). The topological polar surface area (TPSA) is 58.6 Å². The van der Waals surface area contributed by atoms with Gasteiger partial charge in [-0.25, -0.2) is 0 Å². The number of carbonyl (C=O) groups is 2. The van der Waals surface area contributed by atoms with Crippen LogP contribution in [0, 0.1) is 5.92 Å². The summed E-state index contributed by atoms with van der Waals surface area (Å²) in [4.78, 5) is 25.6. The molecule has 0 spiro atoms. The van der Waals surface area contributed by atoms with Gasteiger partial charge in [-0.2, -0.15) is 0 Å². The first kappa shape index (κ1) is 19.6. The lowest BCUT2D eigenvalue weighted by atomic mass is 9.87. The van der Waals surface area contributed by atoms with Gasteiger partial charge >= 0.3 is 0 Å². The number of carbonyl (C=O) groups excluding carboxylic acids is 2. The molecule has 0 aliphatic heterocycles. The summed E-state index contributed by atoms with van der Waals surface area (Å²) in [5.41, 5.74) is 0. The summed E-state index contributed by atoms with van der Waals surface area (Å²) in [7, 11) is 1.71. The monoisotopic (exact) mass is 366 g/mol. The highest BCUT2D eigenvalue weighted by molar-refractivity contribution is 6.30. The summed E-state index contributed by atoms with van der Waals surface area (Å²) in [6.45, 7) is 0.892. The van der Waals surface area contributed by atoms with Crippen molar-refractivity contribution in [1.29, 1.82) is 0 Å². The average Bonchev–Trinajstić information content (AvgIpc) is 2.62. The van der Waals surface area contributed by atoms with Gasteiger partial charge in [0.2, 0.25) is 11.8 Å². The second-order valence-electron chi connectivity index (χ2n) is 6.60. The van der Waals surface area contributed by atoms with Crippen LogP contribution in [-0.4, -0.2) is 43.5 Å². The van der Waals surface area contributed by atoms with E-state index in [9.17, 15) is 9.59 Å². The first-order valence-corrected chi connectivity index (χ1v) is 9.31. The van der Waals surface area contributed by atoms with Gasteiger partial charge in [-0.1, -0.05) is 30.9 Å². The van der Waals surface area contributed by atoms with Crippen LogP contribution >= 0.6 is 11.6 Å². The maximum atomic E-state index is 12.1. The van der Waals surface area contributed by atoms with Crippen molar-refractivity contribution >= 4 is 23.4 Å². The molecule has 138 valence electrons. The highest BCUT2D eigenvalue weighted by Gasteiger charge is 2.18. The van der Waals surface area contributed by atoms with E-state index in [1.165, 1.54) is 19.3 Å². The van der Waals surface area contributed by atoms with Gasteiger partial charge in [0.1, 0.15) is 12.4 Å². The fourth-order valence-electron chi connectivity index (χ4n) is 2.99. The molecule has 1 fully saturated rings. The Morgan fingerprint density at radius 2 is 1.88 bits per heavy atom. The Morgan fingerprint density at radius 3 is 2.56 bits per heavy atom. The predicted molar refractivity (Wildman–Crippen MR) is 98.8 cm³/mol. The molecule has 1 saturated carbocycles. The van der Waals surface area contributed by atoms with Crippen molar-refractivity contribution in [3.05, 3.63) is 29.3 Å². The van der Waals surface area contributed by atoms with Crippen molar-refractivity contribution in [2.24, 2.45) is 5.92 Å². The number of hydrogen-bond donors (Lipinski definition) is 1. The van der Waals surface area contributed by atoms with Gasteiger partial charge in [0.15, 0.2) is 0 Å². The van der Waals surface area contributed by atoms with Crippen molar-refractivity contribution in [2.75, 3.05) is 26.7 Å². The molecule has 1 aromatic rings. The van der Waals surface area contributed by atoms with Gasteiger partial charge in [-0.05, 0) is 43.0 Å². The summed E-state index contributed by atoms with van der Waals surface area (Å²) >= 11 is 5.82. The van der Waals surface area contributed by atoms with E-state index in [4.69, 9.17) is 16.3 Å². The predicted octanol–water partition coefficient (Wildman–Crippen LogP) is 3.26. The maximum Gasteiger partial charge on any atom is 0.241 e. The largest absolute Gasteiger partial charge is 0.492 e. The van der Waals surface area contributed by atoms with Crippen molar-refractivity contribution in [1.82, 2.24) is 10.2 Å². The lowest BCUT2D eigenvalue weighted by Crippen LogP contribution is -2.40. The zero-order chi connectivity index (χ0) is 18.1. The minimum Gasteiger partial charge on any atom is -0.492 e. The van der Waals surface area contributed by atoms with Crippen LogP contribution in [-0.2, 0) is 9.59 Å². The Labute approximate surface area is 154 Å². The third-order valence-electron chi connectivity index (χ3n) is 4.57. The Bertz CT molecular complexity index is 556. The molecule has 0 atom stereocenters. The zero-order valence-corrected chi connectivity index (χ0v) is 15.6. The SMILES string of the molecule is CN(CCOc1ccc(Cl)cc1)C(=O)CNC(=O)CC1CCCCC1. The van der Waals surface area contributed by atoms with Crippen molar-refractivity contribution in [3.8, 4) is 5.75 Å². The summed E-state index contributed by atoms with van der Waals surface area (Å²) in [6, 6.07) is 7.09. The summed E-state index contributed by atoms with van der Waals surface area (Å²) in [5, 5.41) is 3.40. The number of amides is 2. The average molecular weight is 367 g/mol. The standard InChI is InChI=1S/C19H27ClN2O3/c1-22(11-12-25-17-9-7-16(20)8-10-17)19(24)14-21-18(23)13-15-5-3-2-4-6-15/h7-10,15H,2-6,11-14H2,1H3,(H,21,23). The Hall–Kier alpha value is -1.75. The fraction of sp³-hybridized carbons (Fsp3) is 0.579. The molecular weight excluding hydrogens is 340 g/mol. The second kappa shape index (κ2) is 10.3. The smallest absolute Gasteiger partial charge is 0.241 e. The highest BCUT2D eigenvalue weighted by atomic mass is 35.5. The molecule has 0 saturated heterocycles. The molecule has 5 nitrogen and oxygen atoms in total. The summed E-state index contributed by atoms with van der Waals surface area (Å²) in [6.07, 6.45) is 6.50. The summed E-state index contributed by atoms with van der Waals surface area (Å²) < 4.78 is 5.57. The zero-order valence-electron chi connectivity index (χ0n) is 14.8. The van der Waals surface area contributed by atoms with E-state index < -0.39 is 0 Å². The quantitative estimate of drug-likeness (QED) is 0.768. The first-order chi connectivity index (χ1) is 12.0. The number of halogens is 1. The van der Waals surface area contributed by atoms with Crippen LogP contribution in [0.15, 0.2) is 24.3 Å². The number of benzene rings is 1. The minimum absolute atomic E-state index is 0.0222. The van der Waals surface area contributed by atoms with Crippen molar-refractivity contribution in [2.45, 2.75) is 38.5 Å². The van der Waals surface area contributed by atoms with Gasteiger partial charge in [0.25, 0.3) is 0 Å². The number of ether oxygens (including phenoxy) is 1. The number of nitrogens with zero attached hydrogens (tertiary/aromatic N) is 1. The van der Waals surface area contributed by atoms with Gasteiger partial charge < -0.3 is 15.0 Å². The molecule has 1 aromatic carbocycles. The Balaban J connectivity index is 1.60. The van der Waals surface area contributed by atoms with Crippen LogP contribution < -0.4 is 10.1 Å². The van der Waals surface area contributed by atoms with E-state index >= 15 is 0 Å². The minimum atomic E-state index is -0.114. The molecule has 0 radical (unpaired) electrons. The van der Waals surface area contributed by atoms with Gasteiger partial charge in [-0.15, -0.1) is 0 Å². The number of likely N-dealkylation sites (N-methyl/N-ethyl adjacent to an activating group) is 1. The lowest BCUT2D eigenvalue weighted by Gasteiger charge is -2.21. The van der Waals surface area contributed by atoms with E-state index in [2.05, 4.69) is 5.32 Å². The van der Waals surface area contributed by atoms with Crippen LogP contribution in [0.25, 0.3) is 0 Å². The van der Waals surface area contributed by atoms with E-state index in [0.29, 0.717) is 36.3 Å². The molecule has 1 N–H and O–H groups in total. The molecule has 0 unspecified atom stereocenters. The summed E-state index contributed by atoms with van der Waals surface area (Å²) in [5.74, 6) is 1.06. The van der Waals surface area contributed by atoms with Crippen LogP contribution in [0.1, 0.15) is 38.5 Å². The molecule has 25 heavy (non-hydrogen) atoms. The molecule has 0 aromatic heterocycles. The molecular formula is C19H27ClN2O3. The van der Waals surface area contributed by atoms with Gasteiger partial charge in [0.05, 0.1) is 13.1 Å². The molecule has 6 heteroatoms. The van der Waals surface area contributed by atoms with Crippen LogP contribution in [0.5, 0.6) is 5.75 Å². The third-order valence-corrected chi connectivity index (χ3v) is 4.82. The van der Waals surface area contributed by atoms with Crippen molar-refractivity contribution < 1.29 is 14.3 Å². The van der Waals surface area contributed by atoms with Crippen LogP contribution in [0.4, 0.5) is 0 Å². The van der Waals surface area contributed by atoms with Crippen LogP contribution in [0.2, 0.25) is 5.02 Å². The van der Waals surface area contributed by atoms with E-state index in [-0.39, 0.29) is 18.4 Å². The van der Waals surface area contributed by atoms with Gasteiger partial charge in [-0.3, -0.25) is 9.59 Å². The molecule has 1 aliphatic rings. The van der Waals surface area contributed by atoms with E-state index in [0.717, 1.165) is 12.8 Å². The first-order valence-electron chi connectivity index (χ1n) is 8.93. The number of rotatable bonds is 8. The highest BCUT2D eigenvalue weighted by Crippen LogP contribution is 2.25. The lowest BCUT2D eigenvalue weighted by molar-refractivity contribution is -0.132. The molecule has 2 amide bonds. The normalized spacial score (nSPS) is 14.8. The van der Waals surface area contributed by atoms with Crippen LogP contribution in [0.3, 0.4) is 0 Å². The maximum absolute atomic E-state index is 12.1.